The van der Waals surface area contributed by atoms with E-state index < -0.39 is 0 Å². The van der Waals surface area contributed by atoms with Crippen molar-refractivity contribution >= 4 is 11.9 Å². The van der Waals surface area contributed by atoms with Gasteiger partial charge in [-0.2, -0.15) is 0 Å². The third-order valence-electron chi connectivity index (χ3n) is 4.93. The van der Waals surface area contributed by atoms with E-state index in [4.69, 9.17) is 0 Å². The number of rotatable bonds is 2. The molecule has 1 aliphatic carbocycles. The molecule has 3 amide bonds. The molecule has 3 rings (SSSR count). The van der Waals surface area contributed by atoms with Crippen LogP contribution in [0, 0.1) is 0 Å². The summed E-state index contributed by atoms with van der Waals surface area (Å²) < 4.78 is 0. The molecule has 5 heteroatoms. The Hall–Kier alpha value is -1.52. The van der Waals surface area contributed by atoms with Crippen LogP contribution in [0.15, 0.2) is 11.6 Å². The van der Waals surface area contributed by atoms with Crippen LogP contribution in [-0.4, -0.2) is 54.0 Å². The number of carbonyl (C=O) groups is 2. The van der Waals surface area contributed by atoms with Gasteiger partial charge < -0.3 is 15.1 Å². The zero-order chi connectivity index (χ0) is 14.7. The van der Waals surface area contributed by atoms with Gasteiger partial charge in [0, 0.05) is 38.3 Å². The number of hydrogen-bond donors (Lipinski definition) is 1. The molecule has 3 aliphatic rings. The van der Waals surface area contributed by atoms with Gasteiger partial charge >= 0.3 is 6.03 Å². The molecule has 2 saturated heterocycles. The smallest absolute Gasteiger partial charge is 0.317 e. The van der Waals surface area contributed by atoms with Gasteiger partial charge in [0.25, 0.3) is 0 Å². The van der Waals surface area contributed by atoms with Crippen molar-refractivity contribution in [1.29, 1.82) is 0 Å². The number of likely N-dealkylation sites (tertiary alicyclic amines) is 1. The van der Waals surface area contributed by atoms with Crippen molar-refractivity contribution in [3.63, 3.8) is 0 Å². The number of nitrogens with zero attached hydrogens (tertiary/aromatic N) is 2. The number of hydrogen-bond acceptors (Lipinski definition) is 2. The van der Waals surface area contributed by atoms with Crippen molar-refractivity contribution in [1.82, 2.24) is 15.1 Å². The van der Waals surface area contributed by atoms with Crippen LogP contribution in [0.4, 0.5) is 4.79 Å². The second-order valence-electron chi connectivity index (χ2n) is 6.35. The average molecular weight is 291 g/mol. The summed E-state index contributed by atoms with van der Waals surface area (Å²) >= 11 is 0. The van der Waals surface area contributed by atoms with Gasteiger partial charge in [-0.25, -0.2) is 4.79 Å². The highest BCUT2D eigenvalue weighted by Gasteiger charge is 2.31. The molecule has 1 saturated carbocycles. The monoisotopic (exact) mass is 291 g/mol. The van der Waals surface area contributed by atoms with Crippen molar-refractivity contribution in [2.75, 3.05) is 26.2 Å². The molecule has 0 radical (unpaired) electrons. The zero-order valence-electron chi connectivity index (χ0n) is 12.6. The first-order valence-electron chi connectivity index (χ1n) is 8.27. The fourth-order valence-corrected chi connectivity index (χ4v) is 3.65. The van der Waals surface area contributed by atoms with E-state index in [1.54, 1.807) is 0 Å². The second kappa shape index (κ2) is 6.50. The summed E-state index contributed by atoms with van der Waals surface area (Å²) in [7, 11) is 0. The van der Waals surface area contributed by atoms with Crippen molar-refractivity contribution in [2.45, 2.75) is 51.0 Å². The molecule has 21 heavy (non-hydrogen) atoms. The third-order valence-corrected chi connectivity index (χ3v) is 4.93. The Balaban J connectivity index is 1.50. The summed E-state index contributed by atoms with van der Waals surface area (Å²) in [5.74, 6) is 0.177. The standard InChI is InChI=1S/C16H25N3O2/c20-15(12-13-4-2-1-3-5-13)18-9-6-14(7-10-18)19-11-8-17-16(19)21/h12,14H,1-11H2,(H,17,21). The SMILES string of the molecule is O=C(C=C1CCCCC1)N1CCC(N2CCNC2=O)CC1. The predicted octanol–water partition coefficient (Wildman–Crippen LogP) is 1.89. The van der Waals surface area contributed by atoms with Gasteiger partial charge in [-0.15, -0.1) is 0 Å². The summed E-state index contributed by atoms with van der Waals surface area (Å²) in [5, 5.41) is 2.85. The summed E-state index contributed by atoms with van der Waals surface area (Å²) in [4.78, 5) is 27.9. The average Bonchev–Trinajstić information content (AvgIpc) is 2.94. The van der Waals surface area contributed by atoms with Crippen molar-refractivity contribution in [3.05, 3.63) is 11.6 Å². The fourth-order valence-electron chi connectivity index (χ4n) is 3.65. The summed E-state index contributed by atoms with van der Waals surface area (Å²) in [6.45, 7) is 3.11. The summed E-state index contributed by atoms with van der Waals surface area (Å²) in [5.41, 5.74) is 1.33. The van der Waals surface area contributed by atoms with Crippen LogP contribution in [0.1, 0.15) is 44.9 Å². The van der Waals surface area contributed by atoms with E-state index in [1.807, 2.05) is 15.9 Å². The predicted molar refractivity (Wildman–Crippen MR) is 80.9 cm³/mol. The van der Waals surface area contributed by atoms with Crippen LogP contribution in [0.25, 0.3) is 0 Å². The van der Waals surface area contributed by atoms with Crippen LogP contribution in [-0.2, 0) is 4.79 Å². The van der Waals surface area contributed by atoms with Crippen LogP contribution in [0.3, 0.4) is 0 Å². The lowest BCUT2D eigenvalue weighted by Gasteiger charge is -2.35. The van der Waals surface area contributed by atoms with Gasteiger partial charge in [0.2, 0.25) is 5.91 Å². The van der Waals surface area contributed by atoms with E-state index in [-0.39, 0.29) is 11.9 Å². The van der Waals surface area contributed by atoms with Crippen LogP contribution in [0.5, 0.6) is 0 Å². The first kappa shape index (κ1) is 14.4. The molecule has 2 heterocycles. The highest BCUT2D eigenvalue weighted by molar-refractivity contribution is 5.88. The number of allylic oxidation sites excluding steroid dienone is 1. The van der Waals surface area contributed by atoms with Crippen molar-refractivity contribution < 1.29 is 9.59 Å². The maximum absolute atomic E-state index is 12.3. The van der Waals surface area contributed by atoms with E-state index in [0.29, 0.717) is 6.04 Å². The van der Waals surface area contributed by atoms with Crippen LogP contribution < -0.4 is 5.32 Å². The Bertz CT molecular complexity index is 431. The molecule has 0 aromatic heterocycles. The van der Waals surface area contributed by atoms with E-state index in [1.165, 1.54) is 24.8 Å². The van der Waals surface area contributed by atoms with Crippen LogP contribution >= 0.6 is 0 Å². The first-order chi connectivity index (χ1) is 10.2. The lowest BCUT2D eigenvalue weighted by Crippen LogP contribution is -2.47. The largest absolute Gasteiger partial charge is 0.339 e. The summed E-state index contributed by atoms with van der Waals surface area (Å²) in [6, 6.07) is 0.364. The lowest BCUT2D eigenvalue weighted by atomic mass is 9.94. The van der Waals surface area contributed by atoms with Gasteiger partial charge in [-0.05, 0) is 38.5 Å². The minimum atomic E-state index is 0.0594. The van der Waals surface area contributed by atoms with Gasteiger partial charge in [-0.3, -0.25) is 4.79 Å². The molecular formula is C16H25N3O2. The Labute approximate surface area is 126 Å². The molecule has 1 N–H and O–H groups in total. The number of nitrogens with one attached hydrogen (secondary N) is 1. The number of carbonyl (C=O) groups excluding carboxylic acids is 2. The molecule has 0 aromatic rings. The third kappa shape index (κ3) is 3.39. The molecule has 2 aliphatic heterocycles. The maximum Gasteiger partial charge on any atom is 0.317 e. The van der Waals surface area contributed by atoms with Gasteiger partial charge in [0.1, 0.15) is 0 Å². The molecule has 5 nitrogen and oxygen atoms in total. The van der Waals surface area contributed by atoms with E-state index >= 15 is 0 Å². The molecule has 0 atom stereocenters. The normalized spacial score (nSPS) is 24.2. The number of urea groups is 1. The van der Waals surface area contributed by atoms with E-state index in [2.05, 4.69) is 5.32 Å². The fraction of sp³-hybridized carbons (Fsp3) is 0.750. The Morgan fingerprint density at radius 1 is 1.10 bits per heavy atom. The zero-order valence-corrected chi connectivity index (χ0v) is 12.6. The van der Waals surface area contributed by atoms with Crippen LogP contribution in [0.2, 0.25) is 0 Å². The van der Waals surface area contributed by atoms with Gasteiger partial charge in [0.15, 0.2) is 0 Å². The Kier molecular flexibility index (Phi) is 4.46. The van der Waals surface area contributed by atoms with Crippen molar-refractivity contribution in [3.8, 4) is 0 Å². The number of amides is 3. The molecule has 0 bridgehead atoms. The highest BCUT2D eigenvalue weighted by Crippen LogP contribution is 2.24. The quantitative estimate of drug-likeness (QED) is 0.790. The molecule has 0 spiro atoms. The molecule has 0 unspecified atom stereocenters. The van der Waals surface area contributed by atoms with E-state index in [9.17, 15) is 9.59 Å². The topological polar surface area (TPSA) is 52.7 Å². The molecule has 3 fully saturated rings. The molecular weight excluding hydrogens is 266 g/mol. The first-order valence-corrected chi connectivity index (χ1v) is 8.27. The Morgan fingerprint density at radius 2 is 1.81 bits per heavy atom. The highest BCUT2D eigenvalue weighted by atomic mass is 16.2. The number of piperidine rings is 1. The van der Waals surface area contributed by atoms with Gasteiger partial charge in [0.05, 0.1) is 0 Å². The Morgan fingerprint density at radius 3 is 2.43 bits per heavy atom. The van der Waals surface area contributed by atoms with Crippen molar-refractivity contribution in [2.24, 2.45) is 0 Å². The maximum atomic E-state index is 12.3. The minimum absolute atomic E-state index is 0.0594. The lowest BCUT2D eigenvalue weighted by molar-refractivity contribution is -0.127. The summed E-state index contributed by atoms with van der Waals surface area (Å²) in [6.07, 6.45) is 9.63. The second-order valence-corrected chi connectivity index (χ2v) is 6.35. The minimum Gasteiger partial charge on any atom is -0.339 e. The van der Waals surface area contributed by atoms with Gasteiger partial charge in [-0.1, -0.05) is 12.0 Å². The van der Waals surface area contributed by atoms with E-state index in [0.717, 1.165) is 51.9 Å². The molecule has 116 valence electrons. The molecule has 0 aromatic carbocycles.